The van der Waals surface area contributed by atoms with Crippen LogP contribution in [0.1, 0.15) is 39.3 Å². The maximum absolute atomic E-state index is 13.9. The number of ether oxygens (including phenoxy) is 2. The molecule has 2 fully saturated rings. The van der Waals surface area contributed by atoms with Gasteiger partial charge in [0.25, 0.3) is 0 Å². The van der Waals surface area contributed by atoms with E-state index >= 15 is 0 Å². The minimum atomic E-state index is -2.11. The van der Waals surface area contributed by atoms with E-state index in [2.05, 4.69) is 0 Å². The fraction of sp³-hybridized carbons (Fsp3) is 0.214. The molecule has 1 spiro atoms. The first-order valence-corrected chi connectivity index (χ1v) is 12.0. The minimum Gasteiger partial charge on any atom is -0.494 e. The third-order valence-electron chi connectivity index (χ3n) is 7.12. The van der Waals surface area contributed by atoms with Gasteiger partial charge in [-0.05, 0) is 48.9 Å². The Bertz CT molecular complexity index is 1400. The van der Waals surface area contributed by atoms with E-state index in [-0.39, 0.29) is 11.1 Å². The quantitative estimate of drug-likeness (QED) is 0.388. The van der Waals surface area contributed by atoms with Gasteiger partial charge in [0.1, 0.15) is 5.75 Å². The monoisotopic (exact) mass is 501 g/mol. The number of rotatable bonds is 4. The smallest absolute Gasteiger partial charge is 0.241 e. The van der Waals surface area contributed by atoms with Crippen LogP contribution in [0.2, 0.25) is 5.02 Å². The summed E-state index contributed by atoms with van der Waals surface area (Å²) in [5.41, 5.74) is -0.829. The highest BCUT2D eigenvalue weighted by Crippen LogP contribution is 2.57. The van der Waals surface area contributed by atoms with Crippen LogP contribution in [0.15, 0.2) is 72.8 Å². The number of carbonyl (C=O) groups excluding carboxylic acids is 4. The molecule has 0 radical (unpaired) electrons. The number of benzene rings is 3. The molecule has 1 aliphatic carbocycles. The fourth-order valence-electron chi connectivity index (χ4n) is 5.58. The Balaban J connectivity index is 1.50. The summed E-state index contributed by atoms with van der Waals surface area (Å²) in [6.45, 7) is 2.35. The van der Waals surface area contributed by atoms with E-state index in [1.807, 2.05) is 6.92 Å². The van der Waals surface area contributed by atoms with Gasteiger partial charge in [-0.1, -0.05) is 48.0 Å². The zero-order valence-corrected chi connectivity index (χ0v) is 19.9. The van der Waals surface area contributed by atoms with Crippen molar-refractivity contribution in [2.24, 2.45) is 11.8 Å². The molecule has 0 unspecified atom stereocenters. The van der Waals surface area contributed by atoms with Gasteiger partial charge in [0, 0.05) is 16.1 Å². The first kappa shape index (κ1) is 22.6. The van der Waals surface area contributed by atoms with E-state index in [9.17, 15) is 19.2 Å². The van der Waals surface area contributed by atoms with Gasteiger partial charge in [-0.25, -0.2) is 4.90 Å². The molecule has 2 heterocycles. The summed E-state index contributed by atoms with van der Waals surface area (Å²) in [7, 11) is 0. The highest BCUT2D eigenvalue weighted by atomic mass is 35.5. The van der Waals surface area contributed by atoms with Crippen molar-refractivity contribution in [3.63, 3.8) is 0 Å². The van der Waals surface area contributed by atoms with Crippen molar-refractivity contribution in [2.45, 2.75) is 18.6 Å². The highest BCUT2D eigenvalue weighted by Gasteiger charge is 2.74. The number of halogens is 1. The third kappa shape index (κ3) is 2.96. The molecule has 2 aliphatic heterocycles. The summed E-state index contributed by atoms with van der Waals surface area (Å²) < 4.78 is 11.8. The topological polar surface area (TPSA) is 90.0 Å². The molecule has 0 aromatic heterocycles. The molecule has 0 bridgehead atoms. The van der Waals surface area contributed by atoms with Gasteiger partial charge in [0.2, 0.25) is 29.0 Å². The Morgan fingerprint density at radius 3 is 2.06 bits per heavy atom. The molecule has 3 aromatic rings. The number of fused-ring (bicyclic) bond motifs is 3. The van der Waals surface area contributed by atoms with Crippen molar-refractivity contribution >= 4 is 40.7 Å². The van der Waals surface area contributed by atoms with Crippen molar-refractivity contribution in [3.8, 4) is 5.75 Å². The molecular formula is C28H20ClNO6. The van der Waals surface area contributed by atoms with E-state index in [0.717, 1.165) is 4.90 Å². The zero-order chi connectivity index (χ0) is 25.2. The largest absolute Gasteiger partial charge is 0.494 e. The second-order valence-corrected chi connectivity index (χ2v) is 9.41. The Morgan fingerprint density at radius 1 is 0.861 bits per heavy atom. The number of nitrogens with zero attached hydrogens (tertiary/aromatic N) is 1. The Hall–Kier alpha value is -3.81. The molecule has 3 atom stereocenters. The number of Topliss-reactive ketones (excluding diaryl/α,β-unsaturated/α-hetero) is 2. The van der Waals surface area contributed by atoms with Crippen molar-refractivity contribution < 1.29 is 28.7 Å². The van der Waals surface area contributed by atoms with Crippen LogP contribution in [-0.2, 0) is 14.3 Å². The Kier molecular flexibility index (Phi) is 5.10. The maximum Gasteiger partial charge on any atom is 0.241 e. The zero-order valence-electron chi connectivity index (χ0n) is 19.1. The number of hydrogen-bond acceptors (Lipinski definition) is 6. The van der Waals surface area contributed by atoms with Crippen LogP contribution in [0, 0.1) is 11.8 Å². The molecule has 2 saturated heterocycles. The van der Waals surface area contributed by atoms with E-state index in [0.29, 0.717) is 28.6 Å². The average molecular weight is 502 g/mol. The molecule has 8 heteroatoms. The lowest BCUT2D eigenvalue weighted by Crippen LogP contribution is -2.51. The number of ketones is 2. The van der Waals surface area contributed by atoms with Gasteiger partial charge in [-0.2, -0.15) is 0 Å². The number of hydrogen-bond donors (Lipinski definition) is 0. The molecule has 2 amide bonds. The van der Waals surface area contributed by atoms with Crippen molar-refractivity contribution in [1.82, 2.24) is 0 Å². The van der Waals surface area contributed by atoms with Crippen molar-refractivity contribution in [2.75, 3.05) is 11.5 Å². The predicted molar refractivity (Wildman–Crippen MR) is 130 cm³/mol. The van der Waals surface area contributed by atoms with Crippen LogP contribution >= 0.6 is 11.6 Å². The van der Waals surface area contributed by atoms with E-state index in [1.54, 1.807) is 72.8 Å². The standard InChI is InChI=1S/C28H20ClNO6/c1-2-35-18-13-7-15(8-14-18)23-21-22(27(34)30(26(21)33)17-11-9-16(29)10-12-17)28(36-23)24(31)19-5-3-4-6-20(19)25(28)32/h3-14,21-23H,2H2,1H3/t21-,22-,23-/m1/s1. The second kappa shape index (κ2) is 8.11. The lowest BCUT2D eigenvalue weighted by atomic mass is 9.77. The number of anilines is 1. The fourth-order valence-corrected chi connectivity index (χ4v) is 5.71. The van der Waals surface area contributed by atoms with Gasteiger partial charge >= 0.3 is 0 Å². The summed E-state index contributed by atoms with van der Waals surface area (Å²) in [5, 5.41) is 0.446. The molecule has 36 heavy (non-hydrogen) atoms. The summed E-state index contributed by atoms with van der Waals surface area (Å²) in [6.07, 6.45) is -0.985. The minimum absolute atomic E-state index is 0.193. The molecule has 3 aliphatic rings. The molecule has 7 nitrogen and oxygen atoms in total. The van der Waals surface area contributed by atoms with Crippen LogP contribution in [-0.4, -0.2) is 35.6 Å². The number of imide groups is 1. The van der Waals surface area contributed by atoms with Crippen LogP contribution in [0.25, 0.3) is 0 Å². The first-order chi connectivity index (χ1) is 17.4. The molecule has 3 aromatic carbocycles. The van der Waals surface area contributed by atoms with Crippen molar-refractivity contribution in [1.29, 1.82) is 0 Å². The predicted octanol–water partition coefficient (Wildman–Crippen LogP) is 4.43. The lowest BCUT2D eigenvalue weighted by Gasteiger charge is -2.27. The highest BCUT2D eigenvalue weighted by molar-refractivity contribution is 6.37. The Morgan fingerprint density at radius 2 is 1.47 bits per heavy atom. The van der Waals surface area contributed by atoms with Crippen LogP contribution in [0.3, 0.4) is 0 Å². The Labute approximate surface area is 211 Å². The molecule has 0 N–H and O–H groups in total. The van der Waals surface area contributed by atoms with Gasteiger partial charge < -0.3 is 9.47 Å². The summed E-state index contributed by atoms with van der Waals surface area (Å²) in [5.74, 6) is -4.09. The summed E-state index contributed by atoms with van der Waals surface area (Å²) in [6, 6.07) is 19.6. The summed E-state index contributed by atoms with van der Waals surface area (Å²) >= 11 is 6.01. The average Bonchev–Trinajstić information content (AvgIpc) is 3.45. The molecular weight excluding hydrogens is 482 g/mol. The van der Waals surface area contributed by atoms with Crippen LogP contribution < -0.4 is 9.64 Å². The number of amides is 2. The molecule has 180 valence electrons. The van der Waals surface area contributed by atoms with Gasteiger partial charge in [0.05, 0.1) is 30.2 Å². The number of carbonyl (C=O) groups is 4. The van der Waals surface area contributed by atoms with E-state index < -0.39 is 46.9 Å². The normalized spacial score (nSPS) is 23.9. The lowest BCUT2D eigenvalue weighted by molar-refractivity contribution is -0.127. The van der Waals surface area contributed by atoms with Crippen LogP contribution in [0.5, 0.6) is 5.75 Å². The summed E-state index contributed by atoms with van der Waals surface area (Å²) in [4.78, 5) is 56.2. The second-order valence-electron chi connectivity index (χ2n) is 8.97. The van der Waals surface area contributed by atoms with E-state index in [1.165, 1.54) is 0 Å². The van der Waals surface area contributed by atoms with E-state index in [4.69, 9.17) is 21.1 Å². The molecule has 6 rings (SSSR count). The maximum atomic E-state index is 13.9. The first-order valence-electron chi connectivity index (χ1n) is 11.6. The van der Waals surface area contributed by atoms with Crippen molar-refractivity contribution in [3.05, 3.63) is 94.5 Å². The third-order valence-corrected chi connectivity index (χ3v) is 7.38. The SMILES string of the molecule is CCOc1ccc([C@H]2OC3(C(=O)c4ccccc4C3=O)[C@H]3C(=O)N(c4ccc(Cl)cc4)C(=O)[C@@H]23)cc1. The van der Waals surface area contributed by atoms with Crippen LogP contribution in [0.4, 0.5) is 5.69 Å². The van der Waals surface area contributed by atoms with Gasteiger partial charge in [0.15, 0.2) is 0 Å². The molecule has 0 saturated carbocycles. The van der Waals surface area contributed by atoms with Gasteiger partial charge in [-0.15, -0.1) is 0 Å². The van der Waals surface area contributed by atoms with Gasteiger partial charge in [-0.3, -0.25) is 19.2 Å².